The maximum atomic E-state index is 6.87. The van der Waals surface area contributed by atoms with Crippen molar-refractivity contribution >= 4 is 54.3 Å². The van der Waals surface area contributed by atoms with E-state index in [2.05, 4.69) is 127 Å². The van der Waals surface area contributed by atoms with Crippen LogP contribution in [0.2, 0.25) is 0 Å². The lowest BCUT2D eigenvalue weighted by Gasteiger charge is -2.14. The number of hydrogen-bond acceptors (Lipinski definition) is 4. The van der Waals surface area contributed by atoms with Gasteiger partial charge in [0.2, 0.25) is 0 Å². The zero-order valence-corrected chi connectivity index (χ0v) is 29.6. The van der Waals surface area contributed by atoms with Crippen molar-refractivity contribution in [2.75, 3.05) is 0 Å². The van der Waals surface area contributed by atoms with Gasteiger partial charge in [0.15, 0.2) is 17.5 Å². The van der Waals surface area contributed by atoms with E-state index in [9.17, 15) is 0 Å². The first-order chi connectivity index (χ1) is 27.2. The van der Waals surface area contributed by atoms with Crippen molar-refractivity contribution in [2.24, 2.45) is 0 Å². The van der Waals surface area contributed by atoms with Crippen molar-refractivity contribution in [1.82, 2.24) is 15.0 Å². The molecule has 0 fully saturated rings. The highest BCUT2D eigenvalue weighted by atomic mass is 16.3. The number of rotatable bonds is 5. The minimum Gasteiger partial charge on any atom is -0.455 e. The van der Waals surface area contributed by atoms with E-state index in [4.69, 9.17) is 19.4 Å². The lowest BCUT2D eigenvalue weighted by molar-refractivity contribution is 0.670. The second-order valence-corrected chi connectivity index (χ2v) is 14.0. The molecule has 0 radical (unpaired) electrons. The van der Waals surface area contributed by atoms with Crippen molar-refractivity contribution in [3.63, 3.8) is 0 Å². The molecule has 0 saturated heterocycles. The van der Waals surface area contributed by atoms with Crippen LogP contribution in [0.5, 0.6) is 0 Å². The van der Waals surface area contributed by atoms with Crippen LogP contribution in [0.15, 0.2) is 192 Å². The fraction of sp³-hybridized carbons (Fsp3) is 0. The molecule has 0 N–H and O–H groups in total. The molecule has 0 spiro atoms. The van der Waals surface area contributed by atoms with Gasteiger partial charge < -0.3 is 4.42 Å². The molecule has 256 valence electrons. The molecule has 0 atom stereocenters. The Morgan fingerprint density at radius 3 is 1.53 bits per heavy atom. The summed E-state index contributed by atoms with van der Waals surface area (Å²) in [5.41, 5.74) is 8.97. The third-order valence-electron chi connectivity index (χ3n) is 10.7. The molecule has 0 unspecified atom stereocenters. The largest absolute Gasteiger partial charge is 0.455 e. The van der Waals surface area contributed by atoms with Crippen LogP contribution >= 0.6 is 0 Å². The molecule has 2 aromatic heterocycles. The molecule has 9 aromatic carbocycles. The molecular weight excluding hydrogens is 671 g/mol. The summed E-state index contributed by atoms with van der Waals surface area (Å²) in [5.74, 6) is 1.90. The molecule has 0 bridgehead atoms. The van der Waals surface area contributed by atoms with Crippen LogP contribution in [-0.4, -0.2) is 15.0 Å². The Hall–Kier alpha value is -7.43. The fourth-order valence-electron chi connectivity index (χ4n) is 7.96. The maximum Gasteiger partial charge on any atom is 0.164 e. The normalized spacial score (nSPS) is 11.6. The molecule has 0 aliphatic heterocycles. The van der Waals surface area contributed by atoms with Gasteiger partial charge >= 0.3 is 0 Å². The molecule has 4 nitrogen and oxygen atoms in total. The quantitative estimate of drug-likeness (QED) is 0.179. The zero-order chi connectivity index (χ0) is 36.3. The first-order valence-electron chi connectivity index (χ1n) is 18.5. The Morgan fingerprint density at radius 1 is 0.291 bits per heavy atom. The first-order valence-corrected chi connectivity index (χ1v) is 18.5. The minimum atomic E-state index is 0.626. The van der Waals surface area contributed by atoms with E-state index in [0.717, 1.165) is 77.0 Å². The van der Waals surface area contributed by atoms with Crippen LogP contribution in [0.25, 0.3) is 111 Å². The Kier molecular flexibility index (Phi) is 7.14. The summed E-state index contributed by atoms with van der Waals surface area (Å²) in [5, 5.41) is 9.10. The van der Waals surface area contributed by atoms with E-state index >= 15 is 0 Å². The lowest BCUT2D eigenvalue weighted by Crippen LogP contribution is -2.00. The fourth-order valence-corrected chi connectivity index (χ4v) is 7.96. The summed E-state index contributed by atoms with van der Waals surface area (Å²) >= 11 is 0. The summed E-state index contributed by atoms with van der Waals surface area (Å²) < 4.78 is 6.87. The lowest BCUT2D eigenvalue weighted by atomic mass is 9.90. The summed E-state index contributed by atoms with van der Waals surface area (Å²) in [6, 6.07) is 65.9. The highest BCUT2D eigenvalue weighted by molar-refractivity contribution is 6.17. The van der Waals surface area contributed by atoms with Gasteiger partial charge in [-0.3, -0.25) is 0 Å². The number of aromatic nitrogens is 3. The van der Waals surface area contributed by atoms with Crippen LogP contribution in [-0.2, 0) is 0 Å². The second-order valence-electron chi connectivity index (χ2n) is 14.0. The number of fused-ring (bicyclic) bond motifs is 6. The van der Waals surface area contributed by atoms with Gasteiger partial charge in [0, 0.05) is 33.0 Å². The molecule has 55 heavy (non-hydrogen) atoms. The van der Waals surface area contributed by atoms with E-state index in [-0.39, 0.29) is 0 Å². The van der Waals surface area contributed by atoms with Crippen LogP contribution in [0.3, 0.4) is 0 Å². The molecular formula is C51H31N3O. The summed E-state index contributed by atoms with van der Waals surface area (Å²) in [7, 11) is 0. The van der Waals surface area contributed by atoms with Crippen molar-refractivity contribution in [2.45, 2.75) is 0 Å². The van der Waals surface area contributed by atoms with Gasteiger partial charge in [-0.1, -0.05) is 152 Å². The van der Waals surface area contributed by atoms with E-state index in [1.54, 1.807) is 0 Å². The third-order valence-corrected chi connectivity index (χ3v) is 10.7. The smallest absolute Gasteiger partial charge is 0.164 e. The van der Waals surface area contributed by atoms with E-state index < -0.39 is 0 Å². The average molecular weight is 702 g/mol. The number of hydrogen-bond donors (Lipinski definition) is 0. The van der Waals surface area contributed by atoms with Crippen LogP contribution < -0.4 is 0 Å². The Balaban J connectivity index is 1.17. The molecule has 0 aliphatic rings. The Labute approximate surface area is 317 Å². The zero-order valence-electron chi connectivity index (χ0n) is 29.6. The van der Waals surface area contributed by atoms with Gasteiger partial charge in [-0.2, -0.15) is 0 Å². The van der Waals surface area contributed by atoms with Crippen molar-refractivity contribution in [3.05, 3.63) is 188 Å². The SMILES string of the molecule is c1ccc(-c2nc(-c3ccccc3)nc(-c3ccc(-c4cc(-c5ccc6ccccc6c5)cc5c4oc4cc6ccccc6cc45)c4ccccc34)n2)cc1. The molecule has 4 heteroatoms. The van der Waals surface area contributed by atoms with Gasteiger partial charge in [0.05, 0.1) is 0 Å². The number of furan rings is 1. The first kappa shape index (κ1) is 31.1. The minimum absolute atomic E-state index is 0.626. The predicted octanol–water partition coefficient (Wildman–Crippen LogP) is 13.6. The van der Waals surface area contributed by atoms with E-state index in [1.807, 2.05) is 60.7 Å². The summed E-state index contributed by atoms with van der Waals surface area (Å²) in [6.07, 6.45) is 0. The number of benzene rings is 9. The van der Waals surface area contributed by atoms with E-state index in [1.165, 1.54) is 16.2 Å². The third kappa shape index (κ3) is 5.34. The Bertz CT molecular complexity index is 3200. The van der Waals surface area contributed by atoms with Gasteiger partial charge in [0.25, 0.3) is 0 Å². The van der Waals surface area contributed by atoms with Crippen LogP contribution in [0, 0.1) is 0 Å². The second kappa shape index (κ2) is 12.6. The van der Waals surface area contributed by atoms with Crippen molar-refractivity contribution < 1.29 is 4.42 Å². The summed E-state index contributed by atoms with van der Waals surface area (Å²) in [4.78, 5) is 15.1. The highest BCUT2D eigenvalue weighted by Crippen LogP contribution is 2.44. The van der Waals surface area contributed by atoms with Gasteiger partial charge in [0.1, 0.15) is 11.2 Å². The van der Waals surface area contributed by atoms with Gasteiger partial charge in [-0.05, 0) is 85.4 Å². The van der Waals surface area contributed by atoms with Crippen molar-refractivity contribution in [3.8, 4) is 56.4 Å². The summed E-state index contributed by atoms with van der Waals surface area (Å²) in [6.45, 7) is 0. The average Bonchev–Trinajstić information content (AvgIpc) is 3.62. The molecule has 11 aromatic rings. The van der Waals surface area contributed by atoms with Gasteiger partial charge in [-0.25, -0.2) is 15.0 Å². The topological polar surface area (TPSA) is 51.8 Å². The molecule has 2 heterocycles. The molecule has 11 rings (SSSR count). The van der Waals surface area contributed by atoms with Gasteiger partial charge in [-0.15, -0.1) is 0 Å². The monoisotopic (exact) mass is 701 g/mol. The van der Waals surface area contributed by atoms with Crippen LogP contribution in [0.4, 0.5) is 0 Å². The Morgan fingerprint density at radius 2 is 0.836 bits per heavy atom. The maximum absolute atomic E-state index is 6.87. The standard InChI is InChI=1S/C51H31N3O/c1-3-14-33(15-4-1)49-52-50(34-16-5-2-6-17-34)54-51(53-49)43-26-25-42(40-21-11-12-22-41(40)43)45-29-39(38-24-23-32-13-7-8-18-35(32)27-38)30-46-44-28-36-19-9-10-20-37(36)31-47(44)55-48(45)46/h1-31H. The van der Waals surface area contributed by atoms with Crippen LogP contribution in [0.1, 0.15) is 0 Å². The molecule has 0 amide bonds. The van der Waals surface area contributed by atoms with Crippen molar-refractivity contribution in [1.29, 1.82) is 0 Å². The predicted molar refractivity (Wildman–Crippen MR) is 227 cm³/mol. The molecule has 0 aliphatic carbocycles. The van der Waals surface area contributed by atoms with E-state index in [0.29, 0.717) is 17.5 Å². The molecule has 0 saturated carbocycles. The number of nitrogens with zero attached hydrogens (tertiary/aromatic N) is 3. The highest BCUT2D eigenvalue weighted by Gasteiger charge is 2.20.